The maximum atomic E-state index is 12.2. The first-order valence-corrected chi connectivity index (χ1v) is 7.92. The lowest BCUT2D eigenvalue weighted by atomic mass is 9.94. The Morgan fingerprint density at radius 3 is 1.95 bits per heavy atom. The largest absolute Gasteiger partial charge is 0.459 e. The minimum atomic E-state index is -0.358. The summed E-state index contributed by atoms with van der Waals surface area (Å²) < 4.78 is 10.4. The van der Waals surface area contributed by atoms with Crippen LogP contribution in [-0.2, 0) is 14.3 Å². The second kappa shape index (κ2) is 7.41. The molecule has 2 saturated heterocycles. The molecule has 0 aromatic heterocycles. The molecule has 0 unspecified atom stereocenters. The van der Waals surface area contributed by atoms with E-state index in [9.17, 15) is 4.79 Å². The average Bonchev–Trinajstić information content (AvgIpc) is 2.87. The normalized spacial score (nSPS) is 21.1. The van der Waals surface area contributed by atoms with Crippen LogP contribution in [0.4, 0.5) is 0 Å². The number of nitrogens with zero attached hydrogens (tertiary/aromatic N) is 1. The molecule has 0 saturated carbocycles. The highest BCUT2D eigenvalue weighted by Gasteiger charge is 2.51. The third-order valence-corrected chi connectivity index (χ3v) is 3.83. The van der Waals surface area contributed by atoms with Gasteiger partial charge in [0.05, 0.1) is 0 Å². The van der Waals surface area contributed by atoms with Gasteiger partial charge in [-0.3, -0.25) is 9.69 Å². The molecule has 0 radical (unpaired) electrons. The Hall–Kier alpha value is -0.610. The Kier molecular flexibility index (Phi) is 6.46. The number of esters is 1. The quantitative estimate of drug-likeness (QED) is 0.747. The van der Waals surface area contributed by atoms with Crippen LogP contribution in [-0.4, -0.2) is 48.3 Å². The van der Waals surface area contributed by atoms with E-state index in [1.807, 2.05) is 34.6 Å². The lowest BCUT2D eigenvalue weighted by molar-refractivity contribution is -0.166. The van der Waals surface area contributed by atoms with Crippen LogP contribution in [0.1, 0.15) is 60.3 Å². The van der Waals surface area contributed by atoms with Gasteiger partial charge in [-0.25, -0.2) is 0 Å². The Bertz CT molecular complexity index is 297. The monoisotopic (exact) mass is 285 g/mol. The van der Waals surface area contributed by atoms with Crippen molar-refractivity contribution in [2.75, 3.05) is 26.3 Å². The van der Waals surface area contributed by atoms with Crippen molar-refractivity contribution in [2.24, 2.45) is 0 Å². The summed E-state index contributed by atoms with van der Waals surface area (Å²) in [6.45, 7) is 13.6. The van der Waals surface area contributed by atoms with Gasteiger partial charge >= 0.3 is 5.97 Å². The molecule has 2 fully saturated rings. The standard InChI is InChI=1S/C12H21NO2.C4H10O/c1-11(2,3)15-10(14)12-6-4-8-13(12)9-5-7-12;1-3-5-4-2/h4-9H2,1-3H3;3-4H2,1-2H3. The molecular formula is C16H31NO3. The zero-order chi connectivity index (χ0) is 15.2. The van der Waals surface area contributed by atoms with E-state index < -0.39 is 0 Å². The van der Waals surface area contributed by atoms with Gasteiger partial charge in [-0.05, 0) is 73.4 Å². The lowest BCUT2D eigenvalue weighted by Crippen LogP contribution is -2.48. The fraction of sp³-hybridized carbons (Fsp3) is 0.938. The number of rotatable bonds is 3. The molecule has 0 N–H and O–H groups in total. The smallest absolute Gasteiger partial charge is 0.327 e. The topological polar surface area (TPSA) is 38.8 Å². The summed E-state index contributed by atoms with van der Waals surface area (Å²) in [5.74, 6) is 0.00463. The third kappa shape index (κ3) is 4.45. The molecule has 0 spiro atoms. The second-order valence-electron chi connectivity index (χ2n) is 6.51. The van der Waals surface area contributed by atoms with Gasteiger partial charge in [0.25, 0.3) is 0 Å². The Morgan fingerprint density at radius 2 is 1.60 bits per heavy atom. The highest BCUT2D eigenvalue weighted by Crippen LogP contribution is 2.40. The molecule has 0 bridgehead atoms. The van der Waals surface area contributed by atoms with Gasteiger partial charge in [0.1, 0.15) is 11.1 Å². The summed E-state index contributed by atoms with van der Waals surface area (Å²) in [6, 6.07) is 0. The van der Waals surface area contributed by atoms with Crippen LogP contribution in [0.2, 0.25) is 0 Å². The number of hydrogen-bond donors (Lipinski definition) is 0. The van der Waals surface area contributed by atoms with Gasteiger partial charge < -0.3 is 9.47 Å². The van der Waals surface area contributed by atoms with E-state index in [0.717, 1.165) is 52.0 Å². The van der Waals surface area contributed by atoms with Gasteiger partial charge in [-0.2, -0.15) is 0 Å². The molecule has 2 aliphatic heterocycles. The van der Waals surface area contributed by atoms with Crippen molar-refractivity contribution < 1.29 is 14.3 Å². The molecule has 0 atom stereocenters. The van der Waals surface area contributed by atoms with E-state index in [0.29, 0.717) is 0 Å². The summed E-state index contributed by atoms with van der Waals surface area (Å²) in [5.41, 5.74) is -0.615. The Morgan fingerprint density at radius 1 is 1.10 bits per heavy atom. The molecule has 2 aliphatic rings. The Balaban J connectivity index is 0.000000347. The van der Waals surface area contributed by atoms with E-state index >= 15 is 0 Å². The minimum Gasteiger partial charge on any atom is -0.459 e. The summed E-state index contributed by atoms with van der Waals surface area (Å²) in [5, 5.41) is 0. The molecular weight excluding hydrogens is 254 g/mol. The SMILES string of the molecule is CC(C)(C)OC(=O)C12CCCN1CCC2.CCOCC. The second-order valence-corrected chi connectivity index (χ2v) is 6.51. The minimum absolute atomic E-state index is 0.00463. The summed E-state index contributed by atoms with van der Waals surface area (Å²) in [4.78, 5) is 14.5. The van der Waals surface area contributed by atoms with Gasteiger partial charge in [-0.15, -0.1) is 0 Å². The maximum absolute atomic E-state index is 12.2. The van der Waals surface area contributed by atoms with Crippen LogP contribution in [0.25, 0.3) is 0 Å². The number of hydrogen-bond acceptors (Lipinski definition) is 4. The first-order chi connectivity index (χ1) is 9.35. The van der Waals surface area contributed by atoms with E-state index in [1.54, 1.807) is 0 Å². The van der Waals surface area contributed by atoms with Crippen LogP contribution < -0.4 is 0 Å². The number of carbonyl (C=O) groups excluding carboxylic acids is 1. The van der Waals surface area contributed by atoms with Crippen LogP contribution in [0.15, 0.2) is 0 Å². The molecule has 2 rings (SSSR count). The van der Waals surface area contributed by atoms with Crippen molar-refractivity contribution in [3.63, 3.8) is 0 Å². The first kappa shape index (κ1) is 17.4. The zero-order valence-electron chi connectivity index (χ0n) is 13.8. The van der Waals surface area contributed by atoms with Gasteiger partial charge in [-0.1, -0.05) is 0 Å². The third-order valence-electron chi connectivity index (χ3n) is 3.83. The van der Waals surface area contributed by atoms with Crippen molar-refractivity contribution in [3.8, 4) is 0 Å². The number of fused-ring (bicyclic) bond motifs is 1. The van der Waals surface area contributed by atoms with Crippen LogP contribution in [0.5, 0.6) is 0 Å². The molecule has 0 aromatic rings. The molecule has 4 nitrogen and oxygen atoms in total. The predicted octanol–water partition coefficient (Wildman–Crippen LogP) is 3.00. The molecule has 0 aliphatic carbocycles. The number of carbonyl (C=O) groups is 1. The Labute approximate surface area is 123 Å². The first-order valence-electron chi connectivity index (χ1n) is 7.92. The van der Waals surface area contributed by atoms with Crippen molar-refractivity contribution in [1.82, 2.24) is 4.90 Å². The van der Waals surface area contributed by atoms with Gasteiger partial charge in [0, 0.05) is 13.2 Å². The number of ether oxygens (including phenoxy) is 2. The molecule has 0 aromatic carbocycles. The van der Waals surface area contributed by atoms with Crippen LogP contribution >= 0.6 is 0 Å². The molecule has 4 heteroatoms. The van der Waals surface area contributed by atoms with Crippen molar-refractivity contribution in [1.29, 1.82) is 0 Å². The molecule has 20 heavy (non-hydrogen) atoms. The zero-order valence-corrected chi connectivity index (χ0v) is 13.8. The van der Waals surface area contributed by atoms with Crippen molar-refractivity contribution in [3.05, 3.63) is 0 Å². The van der Waals surface area contributed by atoms with Crippen LogP contribution in [0.3, 0.4) is 0 Å². The lowest BCUT2D eigenvalue weighted by Gasteiger charge is -2.32. The fourth-order valence-corrected chi connectivity index (χ4v) is 3.02. The summed E-state index contributed by atoms with van der Waals surface area (Å²) in [6.07, 6.45) is 4.25. The van der Waals surface area contributed by atoms with E-state index in [2.05, 4.69) is 4.90 Å². The van der Waals surface area contributed by atoms with E-state index in [-0.39, 0.29) is 17.1 Å². The van der Waals surface area contributed by atoms with Gasteiger partial charge in [0.2, 0.25) is 0 Å². The average molecular weight is 285 g/mol. The van der Waals surface area contributed by atoms with Crippen molar-refractivity contribution >= 4 is 5.97 Å². The molecule has 0 amide bonds. The summed E-state index contributed by atoms with van der Waals surface area (Å²) >= 11 is 0. The summed E-state index contributed by atoms with van der Waals surface area (Å²) in [7, 11) is 0. The van der Waals surface area contributed by atoms with E-state index in [4.69, 9.17) is 9.47 Å². The predicted molar refractivity (Wildman–Crippen MR) is 80.8 cm³/mol. The van der Waals surface area contributed by atoms with E-state index in [1.165, 1.54) is 0 Å². The molecule has 2 heterocycles. The van der Waals surface area contributed by atoms with Crippen LogP contribution in [0, 0.1) is 0 Å². The maximum Gasteiger partial charge on any atom is 0.327 e. The highest BCUT2D eigenvalue weighted by atomic mass is 16.6. The highest BCUT2D eigenvalue weighted by molar-refractivity contribution is 5.82. The van der Waals surface area contributed by atoms with Gasteiger partial charge in [0.15, 0.2) is 0 Å². The molecule has 118 valence electrons. The van der Waals surface area contributed by atoms with Crippen molar-refractivity contribution in [2.45, 2.75) is 71.4 Å². The fourth-order valence-electron chi connectivity index (χ4n) is 3.02.